The van der Waals surface area contributed by atoms with Crippen LogP contribution in [0.5, 0.6) is 0 Å². The molecular formula is C15H20FN. The third-order valence-corrected chi connectivity index (χ3v) is 3.41. The Morgan fingerprint density at radius 3 is 2.76 bits per heavy atom. The van der Waals surface area contributed by atoms with E-state index in [1.807, 2.05) is 13.0 Å². The minimum Gasteiger partial charge on any atom is -0.296 e. The molecule has 0 aromatic heterocycles. The van der Waals surface area contributed by atoms with Gasteiger partial charge in [-0.05, 0) is 43.9 Å². The molecule has 1 aliphatic heterocycles. The molecule has 0 spiro atoms. The van der Waals surface area contributed by atoms with E-state index in [4.69, 9.17) is 0 Å². The lowest BCUT2D eigenvalue weighted by Gasteiger charge is -2.19. The molecule has 0 unspecified atom stereocenters. The van der Waals surface area contributed by atoms with Crippen molar-refractivity contribution in [1.82, 2.24) is 4.90 Å². The van der Waals surface area contributed by atoms with E-state index in [9.17, 15) is 4.39 Å². The number of benzene rings is 1. The van der Waals surface area contributed by atoms with Gasteiger partial charge in [0.25, 0.3) is 0 Å². The third kappa shape index (κ3) is 3.67. The predicted molar refractivity (Wildman–Crippen MR) is 69.6 cm³/mol. The van der Waals surface area contributed by atoms with Gasteiger partial charge in [0.2, 0.25) is 0 Å². The molecule has 17 heavy (non-hydrogen) atoms. The molecule has 0 bridgehead atoms. The Balaban J connectivity index is 1.87. The number of rotatable bonds is 3. The number of halogens is 1. The molecule has 0 radical (unpaired) electrons. The van der Waals surface area contributed by atoms with Gasteiger partial charge in [-0.25, -0.2) is 4.39 Å². The standard InChI is InChI=1S/C15H20FN/c1-13-6-5-10-17(12-15(13)16)11-9-14-7-3-2-4-8-14/h2-4,7-8H,5-6,9-12H2,1H3. The van der Waals surface area contributed by atoms with Crippen molar-refractivity contribution in [3.8, 4) is 0 Å². The van der Waals surface area contributed by atoms with Gasteiger partial charge in [0, 0.05) is 6.54 Å². The Labute approximate surface area is 103 Å². The maximum Gasteiger partial charge on any atom is 0.113 e. The molecule has 92 valence electrons. The first-order valence-electron chi connectivity index (χ1n) is 6.36. The summed E-state index contributed by atoms with van der Waals surface area (Å²) < 4.78 is 13.7. The number of nitrogens with zero attached hydrogens (tertiary/aromatic N) is 1. The summed E-state index contributed by atoms with van der Waals surface area (Å²) in [6, 6.07) is 10.4. The molecule has 0 amide bonds. The second-order valence-corrected chi connectivity index (χ2v) is 4.80. The molecule has 0 saturated heterocycles. The summed E-state index contributed by atoms with van der Waals surface area (Å²) in [6.07, 6.45) is 2.99. The maximum atomic E-state index is 13.7. The lowest BCUT2D eigenvalue weighted by atomic mass is 10.1. The summed E-state index contributed by atoms with van der Waals surface area (Å²) in [5.74, 6) is 0.0792. The first-order chi connectivity index (χ1) is 8.25. The maximum absolute atomic E-state index is 13.7. The van der Waals surface area contributed by atoms with Gasteiger partial charge in [0.1, 0.15) is 5.83 Å². The molecule has 0 fully saturated rings. The number of hydrogen-bond donors (Lipinski definition) is 0. The first kappa shape index (κ1) is 12.3. The minimum absolute atomic E-state index is 0.0792. The third-order valence-electron chi connectivity index (χ3n) is 3.41. The van der Waals surface area contributed by atoms with Crippen molar-refractivity contribution in [2.45, 2.75) is 26.2 Å². The van der Waals surface area contributed by atoms with Gasteiger partial charge in [-0.2, -0.15) is 0 Å². The Morgan fingerprint density at radius 1 is 1.24 bits per heavy atom. The molecule has 2 rings (SSSR count). The predicted octanol–water partition coefficient (Wildman–Crippen LogP) is 3.57. The van der Waals surface area contributed by atoms with E-state index in [0.29, 0.717) is 6.54 Å². The Bertz CT molecular complexity index is 383. The summed E-state index contributed by atoms with van der Waals surface area (Å²) in [6.45, 7) is 4.37. The fraction of sp³-hybridized carbons (Fsp3) is 0.467. The van der Waals surface area contributed by atoms with Crippen LogP contribution in [0.2, 0.25) is 0 Å². The molecule has 1 aromatic carbocycles. The molecule has 1 aliphatic rings. The quantitative estimate of drug-likeness (QED) is 0.771. The van der Waals surface area contributed by atoms with Crippen LogP contribution in [-0.4, -0.2) is 24.5 Å². The van der Waals surface area contributed by atoms with Gasteiger partial charge < -0.3 is 0 Å². The largest absolute Gasteiger partial charge is 0.296 e. The van der Waals surface area contributed by atoms with Gasteiger partial charge in [-0.15, -0.1) is 0 Å². The summed E-state index contributed by atoms with van der Waals surface area (Å²) in [5, 5.41) is 0. The van der Waals surface area contributed by atoms with E-state index in [1.165, 1.54) is 5.56 Å². The van der Waals surface area contributed by atoms with E-state index >= 15 is 0 Å². The highest BCUT2D eigenvalue weighted by atomic mass is 19.1. The van der Waals surface area contributed by atoms with Crippen LogP contribution in [0.25, 0.3) is 0 Å². The Kier molecular flexibility index (Phi) is 4.32. The van der Waals surface area contributed by atoms with Crippen molar-refractivity contribution in [3.05, 3.63) is 47.3 Å². The van der Waals surface area contributed by atoms with Crippen molar-refractivity contribution in [2.24, 2.45) is 0 Å². The number of hydrogen-bond acceptors (Lipinski definition) is 1. The zero-order valence-corrected chi connectivity index (χ0v) is 10.5. The Hall–Kier alpha value is -1.15. The first-order valence-corrected chi connectivity index (χ1v) is 6.36. The molecule has 0 aliphatic carbocycles. The fourth-order valence-corrected chi connectivity index (χ4v) is 2.24. The van der Waals surface area contributed by atoms with Gasteiger partial charge >= 0.3 is 0 Å². The fourth-order valence-electron chi connectivity index (χ4n) is 2.24. The molecule has 0 N–H and O–H groups in total. The van der Waals surface area contributed by atoms with Crippen LogP contribution in [0.3, 0.4) is 0 Å². The van der Waals surface area contributed by atoms with E-state index in [1.54, 1.807) is 0 Å². The second kappa shape index (κ2) is 5.97. The van der Waals surface area contributed by atoms with E-state index in [-0.39, 0.29) is 5.83 Å². The van der Waals surface area contributed by atoms with Crippen molar-refractivity contribution >= 4 is 0 Å². The molecule has 0 atom stereocenters. The monoisotopic (exact) mass is 233 g/mol. The number of allylic oxidation sites excluding steroid dienone is 1. The minimum atomic E-state index is 0.0792. The van der Waals surface area contributed by atoms with Crippen LogP contribution in [0.4, 0.5) is 4.39 Å². The van der Waals surface area contributed by atoms with Crippen LogP contribution in [-0.2, 0) is 6.42 Å². The SMILES string of the molecule is CC1=C(F)CN(CCc2ccccc2)CCC1. The van der Waals surface area contributed by atoms with Gasteiger partial charge in [-0.1, -0.05) is 30.3 Å². The van der Waals surface area contributed by atoms with Gasteiger partial charge in [0.05, 0.1) is 6.54 Å². The summed E-state index contributed by atoms with van der Waals surface area (Å²) in [5.41, 5.74) is 2.27. The van der Waals surface area contributed by atoms with E-state index in [0.717, 1.165) is 37.9 Å². The van der Waals surface area contributed by atoms with Crippen LogP contribution in [0.15, 0.2) is 41.7 Å². The van der Waals surface area contributed by atoms with Crippen LogP contribution >= 0.6 is 0 Å². The average molecular weight is 233 g/mol. The van der Waals surface area contributed by atoms with Gasteiger partial charge in [-0.3, -0.25) is 4.90 Å². The Morgan fingerprint density at radius 2 is 2.00 bits per heavy atom. The second-order valence-electron chi connectivity index (χ2n) is 4.80. The molecular weight excluding hydrogens is 213 g/mol. The van der Waals surface area contributed by atoms with Crippen molar-refractivity contribution in [1.29, 1.82) is 0 Å². The van der Waals surface area contributed by atoms with E-state index < -0.39 is 0 Å². The highest BCUT2D eigenvalue weighted by Gasteiger charge is 2.14. The highest BCUT2D eigenvalue weighted by Crippen LogP contribution is 2.18. The highest BCUT2D eigenvalue weighted by molar-refractivity contribution is 5.15. The zero-order valence-electron chi connectivity index (χ0n) is 10.5. The van der Waals surface area contributed by atoms with Crippen molar-refractivity contribution in [2.75, 3.05) is 19.6 Å². The molecule has 1 aromatic rings. The lowest BCUT2D eigenvalue weighted by molar-refractivity contribution is 0.286. The van der Waals surface area contributed by atoms with Crippen LogP contribution < -0.4 is 0 Å². The average Bonchev–Trinajstić information content (AvgIpc) is 2.51. The van der Waals surface area contributed by atoms with Crippen LogP contribution in [0.1, 0.15) is 25.3 Å². The molecule has 1 heterocycles. The lowest BCUT2D eigenvalue weighted by Crippen LogP contribution is -2.27. The topological polar surface area (TPSA) is 3.24 Å². The summed E-state index contributed by atoms with van der Waals surface area (Å²) in [7, 11) is 0. The van der Waals surface area contributed by atoms with Gasteiger partial charge in [0.15, 0.2) is 0 Å². The smallest absolute Gasteiger partial charge is 0.113 e. The zero-order chi connectivity index (χ0) is 12.1. The summed E-state index contributed by atoms with van der Waals surface area (Å²) >= 11 is 0. The molecule has 2 heteroatoms. The molecule has 1 nitrogen and oxygen atoms in total. The normalized spacial score (nSPS) is 18.2. The van der Waals surface area contributed by atoms with Crippen molar-refractivity contribution < 1.29 is 4.39 Å². The van der Waals surface area contributed by atoms with E-state index in [2.05, 4.69) is 29.2 Å². The van der Waals surface area contributed by atoms with Crippen LogP contribution in [0, 0.1) is 0 Å². The van der Waals surface area contributed by atoms with Crippen molar-refractivity contribution in [3.63, 3.8) is 0 Å². The summed E-state index contributed by atoms with van der Waals surface area (Å²) in [4.78, 5) is 2.22. The molecule has 0 saturated carbocycles.